The lowest BCUT2D eigenvalue weighted by molar-refractivity contribution is -0.245. The van der Waals surface area contributed by atoms with Gasteiger partial charge in [-0.2, -0.15) is 0 Å². The quantitative estimate of drug-likeness (QED) is 0.115. The van der Waals surface area contributed by atoms with Gasteiger partial charge in [-0.25, -0.2) is 13.1 Å². The lowest BCUT2D eigenvalue weighted by Gasteiger charge is -2.36. The van der Waals surface area contributed by atoms with E-state index < -0.39 is 16.3 Å². The minimum absolute atomic E-state index is 0.0178. The summed E-state index contributed by atoms with van der Waals surface area (Å²) in [6, 6.07) is 39.8. The zero-order chi connectivity index (χ0) is 34.2. The number of carbonyl (C=O) groups is 1. The number of hydrogen-bond donors (Lipinski definition) is 3. The molecule has 1 aliphatic rings. The minimum Gasteiger partial charge on any atom is -0.392 e. The molecule has 6 rings (SSSR count). The molecule has 252 valence electrons. The Morgan fingerprint density at radius 3 is 2.20 bits per heavy atom. The first kappa shape index (κ1) is 34.6. The van der Waals surface area contributed by atoms with Crippen molar-refractivity contribution in [2.24, 2.45) is 0 Å². The van der Waals surface area contributed by atoms with E-state index in [1.54, 1.807) is 42.1 Å². The number of benzene rings is 5. The lowest BCUT2D eigenvalue weighted by Crippen LogP contribution is -2.31. The fourth-order valence-electron chi connectivity index (χ4n) is 5.60. The largest absolute Gasteiger partial charge is 0.392 e. The topological polar surface area (TPSA) is 114 Å². The van der Waals surface area contributed by atoms with Crippen LogP contribution in [0.2, 0.25) is 0 Å². The third kappa shape index (κ3) is 9.24. The molecule has 10 heteroatoms. The van der Waals surface area contributed by atoms with Gasteiger partial charge in [0.1, 0.15) is 0 Å². The molecule has 0 bridgehead atoms. The van der Waals surface area contributed by atoms with E-state index >= 15 is 0 Å². The van der Waals surface area contributed by atoms with E-state index in [1.807, 2.05) is 97.1 Å². The highest BCUT2D eigenvalue weighted by molar-refractivity contribution is 7.99. The number of sulfonamides is 1. The molecule has 0 radical (unpaired) electrons. The summed E-state index contributed by atoms with van der Waals surface area (Å²) in [6.07, 6.45) is -0.213. The van der Waals surface area contributed by atoms with Gasteiger partial charge in [0.25, 0.3) is 0 Å². The molecule has 5 aromatic rings. The van der Waals surface area contributed by atoms with Gasteiger partial charge in [0.2, 0.25) is 15.9 Å². The maximum absolute atomic E-state index is 12.7. The summed E-state index contributed by atoms with van der Waals surface area (Å²) < 4.78 is 41.2. The Kier molecular flexibility index (Phi) is 11.3. The van der Waals surface area contributed by atoms with Crippen LogP contribution in [0.5, 0.6) is 0 Å². The van der Waals surface area contributed by atoms with Crippen molar-refractivity contribution in [1.29, 1.82) is 0 Å². The van der Waals surface area contributed by atoms with Crippen LogP contribution in [-0.4, -0.2) is 31.3 Å². The first-order chi connectivity index (χ1) is 23.8. The predicted octanol–water partition coefficient (Wildman–Crippen LogP) is 7.62. The molecule has 8 nitrogen and oxygen atoms in total. The molecule has 1 aliphatic heterocycles. The van der Waals surface area contributed by atoms with Gasteiger partial charge in [-0.1, -0.05) is 84.9 Å². The van der Waals surface area contributed by atoms with Gasteiger partial charge in [0, 0.05) is 41.8 Å². The molecule has 1 fully saturated rings. The number of carbonyl (C=O) groups excluding carboxylic acids is 1. The number of amides is 1. The highest BCUT2D eigenvalue weighted by Crippen LogP contribution is 2.40. The van der Waals surface area contributed by atoms with Crippen LogP contribution in [0.4, 0.5) is 5.69 Å². The molecular weight excluding hydrogens is 657 g/mol. The second kappa shape index (κ2) is 15.9. The number of hydrogen-bond acceptors (Lipinski definition) is 7. The van der Waals surface area contributed by atoms with Crippen molar-refractivity contribution >= 4 is 33.4 Å². The van der Waals surface area contributed by atoms with E-state index in [9.17, 15) is 18.3 Å². The first-order valence-electron chi connectivity index (χ1n) is 16.0. The van der Waals surface area contributed by atoms with Crippen molar-refractivity contribution in [1.82, 2.24) is 4.72 Å². The van der Waals surface area contributed by atoms with Crippen LogP contribution >= 0.6 is 11.8 Å². The van der Waals surface area contributed by atoms with Gasteiger partial charge in [-0.3, -0.25) is 4.79 Å². The summed E-state index contributed by atoms with van der Waals surface area (Å²) >= 11 is 1.69. The third-order valence-electron chi connectivity index (χ3n) is 8.19. The number of anilines is 1. The maximum Gasteiger partial charge on any atom is 0.240 e. The van der Waals surface area contributed by atoms with Crippen LogP contribution in [0.15, 0.2) is 137 Å². The van der Waals surface area contributed by atoms with Gasteiger partial charge in [-0.15, -0.1) is 11.8 Å². The number of aliphatic hydroxyl groups is 1. The molecule has 1 saturated heterocycles. The van der Waals surface area contributed by atoms with Crippen molar-refractivity contribution in [3.63, 3.8) is 0 Å². The Morgan fingerprint density at radius 2 is 1.51 bits per heavy atom. The Hall–Kier alpha value is -4.29. The normalized spacial score (nSPS) is 17.8. The molecule has 49 heavy (non-hydrogen) atoms. The first-order valence-corrected chi connectivity index (χ1v) is 18.5. The highest BCUT2D eigenvalue weighted by Gasteiger charge is 2.32. The number of aliphatic hydroxyl groups excluding tert-OH is 1. The fraction of sp³-hybridized carbons (Fsp3) is 0.205. The van der Waals surface area contributed by atoms with E-state index in [4.69, 9.17) is 9.47 Å². The third-order valence-corrected chi connectivity index (χ3v) is 10.7. The summed E-state index contributed by atoms with van der Waals surface area (Å²) in [5, 5.41) is 12.3. The van der Waals surface area contributed by atoms with Crippen LogP contribution < -0.4 is 10.0 Å². The van der Waals surface area contributed by atoms with E-state index in [1.165, 1.54) is 6.92 Å². The summed E-state index contributed by atoms with van der Waals surface area (Å²) in [6.45, 7) is 1.64. The van der Waals surface area contributed by atoms with Gasteiger partial charge < -0.3 is 19.9 Å². The molecule has 1 amide bonds. The van der Waals surface area contributed by atoms with Crippen LogP contribution in [0, 0.1) is 0 Å². The summed E-state index contributed by atoms with van der Waals surface area (Å²) in [7, 11) is -3.62. The van der Waals surface area contributed by atoms with Crippen LogP contribution in [0.1, 0.15) is 48.0 Å². The second-order valence-electron chi connectivity index (χ2n) is 11.8. The molecule has 3 unspecified atom stereocenters. The average molecular weight is 695 g/mol. The van der Waals surface area contributed by atoms with Gasteiger partial charge in [0.15, 0.2) is 6.29 Å². The van der Waals surface area contributed by atoms with Crippen LogP contribution in [0.3, 0.4) is 0 Å². The predicted molar refractivity (Wildman–Crippen MR) is 192 cm³/mol. The van der Waals surface area contributed by atoms with Crippen molar-refractivity contribution in [3.8, 4) is 11.1 Å². The van der Waals surface area contributed by atoms with E-state index in [0.29, 0.717) is 12.2 Å². The highest BCUT2D eigenvalue weighted by atomic mass is 32.2. The van der Waals surface area contributed by atoms with Gasteiger partial charge >= 0.3 is 0 Å². The molecule has 1 heterocycles. The lowest BCUT2D eigenvalue weighted by atomic mass is 9.99. The van der Waals surface area contributed by atoms with Crippen molar-refractivity contribution < 1.29 is 27.8 Å². The summed E-state index contributed by atoms with van der Waals surface area (Å²) in [5.41, 5.74) is 6.31. The molecular formula is C39H38N2O6S2. The van der Waals surface area contributed by atoms with Crippen molar-refractivity contribution in [2.75, 3.05) is 11.1 Å². The minimum atomic E-state index is -3.62. The van der Waals surface area contributed by atoms with Crippen LogP contribution in [-0.2, 0) is 37.4 Å². The van der Waals surface area contributed by atoms with Crippen LogP contribution in [0.25, 0.3) is 11.1 Å². The maximum atomic E-state index is 12.7. The number of nitrogens with one attached hydrogen (secondary N) is 2. The second-order valence-corrected chi connectivity index (χ2v) is 14.7. The summed E-state index contributed by atoms with van der Waals surface area (Å²) in [5.74, 6) is 0.606. The SMILES string of the molecule is CC(=O)Nc1ccc(SCC2CC(c3ccc(CO)cc3)OC(c3ccc(-c4cccc(CNS(=O)(=O)c5ccccc5)c4)cc3)O2)cc1. The van der Waals surface area contributed by atoms with Gasteiger partial charge in [-0.05, 0) is 70.3 Å². The average Bonchev–Trinajstić information content (AvgIpc) is 3.14. The Labute approximate surface area is 291 Å². The standard InChI is InChI=1S/C39H38N2O6S2/c1-27(43)41-34-18-20-36(21-19-34)48-26-35-23-38(31-12-10-28(25-42)11-13-31)47-39(46-35)32-16-14-30(15-17-32)33-7-5-6-29(22-33)24-40-49(44,45)37-8-3-2-4-9-37/h2-22,35,38-40,42H,23-26H2,1H3,(H,41,43). The Bertz CT molecular complexity index is 1950. The Morgan fingerprint density at radius 1 is 0.796 bits per heavy atom. The summed E-state index contributed by atoms with van der Waals surface area (Å²) in [4.78, 5) is 12.7. The molecule has 3 atom stereocenters. The molecule has 5 aromatic carbocycles. The van der Waals surface area contributed by atoms with E-state index in [2.05, 4.69) is 10.0 Å². The number of rotatable bonds is 12. The smallest absolute Gasteiger partial charge is 0.240 e. The zero-order valence-corrected chi connectivity index (χ0v) is 28.6. The Balaban J connectivity index is 1.15. The molecule has 0 spiro atoms. The van der Waals surface area contributed by atoms with Gasteiger partial charge in [0.05, 0.1) is 23.7 Å². The number of ether oxygens (including phenoxy) is 2. The van der Waals surface area contributed by atoms with E-state index in [0.717, 1.165) is 44.0 Å². The zero-order valence-electron chi connectivity index (χ0n) is 27.0. The number of thioether (sulfide) groups is 1. The monoisotopic (exact) mass is 694 g/mol. The molecule has 0 aliphatic carbocycles. The van der Waals surface area contributed by atoms with Crippen molar-refractivity contribution in [3.05, 3.63) is 150 Å². The van der Waals surface area contributed by atoms with E-state index in [-0.39, 0.29) is 36.2 Å². The van der Waals surface area contributed by atoms with Crippen molar-refractivity contribution in [2.45, 2.75) is 54.8 Å². The molecule has 3 N–H and O–H groups in total. The molecule has 0 aromatic heterocycles. The fourth-order valence-corrected chi connectivity index (χ4v) is 7.56. The molecule has 0 saturated carbocycles.